The van der Waals surface area contributed by atoms with Crippen molar-refractivity contribution < 1.29 is 19.8 Å². The van der Waals surface area contributed by atoms with Crippen LogP contribution in [0.15, 0.2) is 97.5 Å². The third kappa shape index (κ3) is 16.4. The monoisotopic (exact) mass is 669 g/mol. The van der Waals surface area contributed by atoms with E-state index in [2.05, 4.69) is 37.0 Å². The molecular weight excluding hydrogens is 618 g/mol. The Morgan fingerprint density at radius 3 is 1.78 bits per heavy atom. The minimum Gasteiger partial charge on any atom is -0.394 e. The van der Waals surface area contributed by atoms with E-state index < -0.39 is 6.10 Å². The minimum atomic E-state index is -0.605. The Morgan fingerprint density at radius 1 is 0.776 bits per heavy atom. The number of hydrogen-bond acceptors (Lipinski definition) is 9. The normalized spacial score (nSPS) is 11.5. The van der Waals surface area contributed by atoms with Crippen LogP contribution in [0.5, 0.6) is 0 Å². The summed E-state index contributed by atoms with van der Waals surface area (Å²) in [4.78, 5) is 42.6. The number of aliphatic hydroxyl groups excluding tert-OH is 2. The molecule has 0 unspecified atom stereocenters. The van der Waals surface area contributed by atoms with Gasteiger partial charge in [-0.05, 0) is 79.8 Å². The van der Waals surface area contributed by atoms with Gasteiger partial charge in [-0.3, -0.25) is 34.3 Å². The quantitative estimate of drug-likeness (QED) is 0.0936. The molecule has 0 saturated heterocycles. The van der Waals surface area contributed by atoms with E-state index in [0.29, 0.717) is 39.1 Å². The van der Waals surface area contributed by atoms with Crippen LogP contribution in [0.25, 0.3) is 0 Å². The number of nitrogens with one attached hydrogen (secondary N) is 1. The summed E-state index contributed by atoms with van der Waals surface area (Å²) in [5, 5.41) is 20.5. The van der Waals surface area contributed by atoms with Crippen LogP contribution in [0.4, 0.5) is 5.69 Å². The molecule has 49 heavy (non-hydrogen) atoms. The van der Waals surface area contributed by atoms with Crippen molar-refractivity contribution in [3.05, 3.63) is 120 Å². The van der Waals surface area contributed by atoms with Crippen molar-refractivity contribution in [1.82, 2.24) is 29.7 Å². The van der Waals surface area contributed by atoms with Crippen molar-refractivity contribution in [3.8, 4) is 0 Å². The maximum absolute atomic E-state index is 13.0. The molecule has 11 nitrogen and oxygen atoms in total. The first kappa shape index (κ1) is 38.9. The third-order valence-corrected chi connectivity index (χ3v) is 7.77. The van der Waals surface area contributed by atoms with Crippen molar-refractivity contribution in [2.45, 2.75) is 58.3 Å². The van der Waals surface area contributed by atoms with E-state index in [1.165, 1.54) is 5.56 Å². The molecule has 3 heterocycles. The van der Waals surface area contributed by atoms with Gasteiger partial charge in [0, 0.05) is 70.6 Å². The van der Waals surface area contributed by atoms with Crippen LogP contribution >= 0.6 is 0 Å². The first-order valence-electron chi connectivity index (χ1n) is 16.9. The van der Waals surface area contributed by atoms with Crippen molar-refractivity contribution in [3.63, 3.8) is 0 Å². The number of anilines is 1. The molecule has 0 bridgehead atoms. The smallest absolute Gasteiger partial charge is 0.238 e. The second-order valence-electron chi connectivity index (χ2n) is 11.9. The number of aryl methyl sites for hydroxylation is 1. The number of nitrogens with zero attached hydrogens (tertiary/aromatic N) is 6. The zero-order chi connectivity index (χ0) is 35.1. The number of unbranched alkanes of at least 4 members (excludes halogenated alkanes) is 1. The van der Waals surface area contributed by atoms with Crippen LogP contribution in [-0.2, 0) is 35.6 Å². The van der Waals surface area contributed by atoms with Gasteiger partial charge in [-0.25, -0.2) is 0 Å². The Hall–Kier alpha value is -4.55. The van der Waals surface area contributed by atoms with Crippen LogP contribution < -0.4 is 5.32 Å². The van der Waals surface area contributed by atoms with Crippen LogP contribution in [0.2, 0.25) is 0 Å². The highest BCUT2D eigenvalue weighted by Gasteiger charge is 2.16. The lowest BCUT2D eigenvalue weighted by molar-refractivity contribution is -0.118. The molecule has 0 saturated carbocycles. The fourth-order valence-corrected chi connectivity index (χ4v) is 4.99. The van der Waals surface area contributed by atoms with Gasteiger partial charge in [0.1, 0.15) is 0 Å². The number of pyridine rings is 3. The molecule has 4 rings (SSSR count). The number of benzene rings is 1. The van der Waals surface area contributed by atoms with E-state index in [1.807, 2.05) is 91.3 Å². The molecule has 0 radical (unpaired) electrons. The number of aliphatic hydroxyl groups is 2. The van der Waals surface area contributed by atoms with Gasteiger partial charge >= 0.3 is 0 Å². The third-order valence-electron chi connectivity index (χ3n) is 7.77. The van der Waals surface area contributed by atoms with Gasteiger partial charge in [-0.2, -0.15) is 0 Å². The predicted molar refractivity (Wildman–Crippen MR) is 192 cm³/mol. The molecule has 2 amide bonds. The molecule has 3 aromatic heterocycles. The average molecular weight is 670 g/mol. The fourth-order valence-electron chi connectivity index (χ4n) is 4.99. The number of rotatable bonds is 20. The van der Waals surface area contributed by atoms with Crippen LogP contribution in [0, 0.1) is 0 Å². The highest BCUT2D eigenvalue weighted by Crippen LogP contribution is 2.12. The molecule has 0 aliphatic rings. The number of aromatic nitrogens is 3. The topological polar surface area (TPSA) is 135 Å². The van der Waals surface area contributed by atoms with Crippen molar-refractivity contribution in [2.75, 3.05) is 45.2 Å². The van der Waals surface area contributed by atoms with E-state index in [4.69, 9.17) is 10.2 Å². The summed E-state index contributed by atoms with van der Waals surface area (Å²) in [6.45, 7) is 6.35. The summed E-state index contributed by atoms with van der Waals surface area (Å²) in [6.07, 6.45) is 8.87. The van der Waals surface area contributed by atoms with Crippen molar-refractivity contribution >= 4 is 18.0 Å². The van der Waals surface area contributed by atoms with Crippen LogP contribution in [0.3, 0.4) is 0 Å². The zero-order valence-electron chi connectivity index (χ0n) is 28.8. The molecule has 262 valence electrons. The number of carbonyl (C=O) groups excluding carboxylic acids is 2. The summed E-state index contributed by atoms with van der Waals surface area (Å²) in [7, 11) is 1.72. The molecular formula is C38H51N7O4. The first-order chi connectivity index (χ1) is 23.9. The van der Waals surface area contributed by atoms with Gasteiger partial charge in [-0.15, -0.1) is 0 Å². The SMILES string of the molecule is CCc1ccc(NC(=O)CN(CCN(Cc2ccccn2)Cc2ccccn2)Cc2ccccn2)cc1.CN(C=O)CCCC[C@H](O)CO. The Morgan fingerprint density at radius 2 is 1.31 bits per heavy atom. The minimum absolute atomic E-state index is 0.0406. The van der Waals surface area contributed by atoms with Gasteiger partial charge in [0.15, 0.2) is 0 Å². The summed E-state index contributed by atoms with van der Waals surface area (Å²) in [5.41, 5.74) is 5.00. The van der Waals surface area contributed by atoms with Gasteiger partial charge in [0.25, 0.3) is 0 Å². The Labute approximate surface area is 290 Å². The fraction of sp³-hybridized carbons (Fsp3) is 0.395. The molecule has 11 heteroatoms. The van der Waals surface area contributed by atoms with E-state index in [0.717, 1.165) is 55.0 Å². The molecule has 0 aliphatic heterocycles. The van der Waals surface area contributed by atoms with Crippen molar-refractivity contribution in [1.29, 1.82) is 0 Å². The Kier molecular flexibility index (Phi) is 18.2. The molecule has 1 aromatic carbocycles. The summed E-state index contributed by atoms with van der Waals surface area (Å²) < 4.78 is 0. The molecule has 0 spiro atoms. The summed E-state index contributed by atoms with van der Waals surface area (Å²) >= 11 is 0. The van der Waals surface area contributed by atoms with Gasteiger partial charge in [0.05, 0.1) is 36.3 Å². The predicted octanol–water partition coefficient (Wildman–Crippen LogP) is 4.18. The molecule has 0 aliphatic carbocycles. The first-order valence-corrected chi connectivity index (χ1v) is 16.9. The van der Waals surface area contributed by atoms with E-state index in [-0.39, 0.29) is 19.1 Å². The highest BCUT2D eigenvalue weighted by molar-refractivity contribution is 5.92. The summed E-state index contributed by atoms with van der Waals surface area (Å²) in [5.74, 6) is -0.0406. The Balaban J connectivity index is 0.000000463. The van der Waals surface area contributed by atoms with Gasteiger partial charge in [-0.1, -0.05) is 37.3 Å². The lowest BCUT2D eigenvalue weighted by Gasteiger charge is -2.27. The second kappa shape index (κ2) is 22.9. The average Bonchev–Trinajstić information content (AvgIpc) is 3.14. The molecule has 0 fully saturated rings. The maximum Gasteiger partial charge on any atom is 0.238 e. The van der Waals surface area contributed by atoms with E-state index >= 15 is 0 Å². The lowest BCUT2D eigenvalue weighted by atomic mass is 10.1. The molecule has 3 N–H and O–H groups in total. The lowest BCUT2D eigenvalue weighted by Crippen LogP contribution is -2.39. The van der Waals surface area contributed by atoms with E-state index in [9.17, 15) is 9.59 Å². The van der Waals surface area contributed by atoms with Crippen molar-refractivity contribution in [2.24, 2.45) is 0 Å². The largest absolute Gasteiger partial charge is 0.394 e. The highest BCUT2D eigenvalue weighted by atomic mass is 16.3. The van der Waals surface area contributed by atoms with Gasteiger partial charge in [0.2, 0.25) is 12.3 Å². The standard InChI is InChI=1S/C30H34N6O.C8H17NO3/c1-2-25-12-14-26(15-13-25)34-30(37)24-36(23-29-11-5-8-18-33-29)20-19-35(21-27-9-3-6-16-31-27)22-28-10-4-7-17-32-28;1-9(7-11)5-3-2-4-8(12)6-10/h3-18H,2,19-24H2,1H3,(H,34,37);7-8,10,12H,2-6H2,1H3/t;8-/m.0/s1. The summed E-state index contributed by atoms with van der Waals surface area (Å²) in [6, 6.07) is 25.8. The second-order valence-corrected chi connectivity index (χ2v) is 11.9. The van der Waals surface area contributed by atoms with E-state index in [1.54, 1.807) is 18.1 Å². The van der Waals surface area contributed by atoms with Crippen LogP contribution in [0.1, 0.15) is 48.8 Å². The number of amides is 2. The molecule has 1 atom stereocenters. The van der Waals surface area contributed by atoms with Gasteiger partial charge < -0.3 is 20.4 Å². The molecule has 4 aromatic rings. The Bertz CT molecular complexity index is 1410. The number of hydrogen-bond donors (Lipinski definition) is 3. The maximum atomic E-state index is 13.0. The number of carbonyl (C=O) groups is 2. The van der Waals surface area contributed by atoms with Crippen LogP contribution in [-0.4, -0.2) is 98.1 Å². The zero-order valence-corrected chi connectivity index (χ0v) is 28.8.